The highest BCUT2D eigenvalue weighted by atomic mass is 32.2. The lowest BCUT2D eigenvalue weighted by Gasteiger charge is -2.23. The van der Waals surface area contributed by atoms with E-state index in [-0.39, 0.29) is 11.4 Å². The van der Waals surface area contributed by atoms with Gasteiger partial charge in [0.2, 0.25) is 10.0 Å². The molecule has 1 rings (SSSR count). The lowest BCUT2D eigenvalue weighted by molar-refractivity contribution is 0.256. The first kappa shape index (κ1) is 16.1. The van der Waals surface area contributed by atoms with Gasteiger partial charge in [0.15, 0.2) is 0 Å². The van der Waals surface area contributed by atoms with Crippen LogP contribution in [-0.4, -0.2) is 39.5 Å². The molecule has 1 aromatic rings. The van der Waals surface area contributed by atoms with Gasteiger partial charge in [-0.15, -0.1) is 0 Å². The second-order valence-corrected chi connectivity index (χ2v) is 6.30. The molecular weight excluding hydrogens is 267 g/mol. The fourth-order valence-corrected chi connectivity index (χ4v) is 2.73. The molecule has 6 heteroatoms. The first-order valence-corrected chi connectivity index (χ1v) is 7.81. The van der Waals surface area contributed by atoms with Crippen molar-refractivity contribution in [3.63, 3.8) is 0 Å². The maximum atomic E-state index is 13.4. The van der Waals surface area contributed by atoms with E-state index in [1.165, 1.54) is 18.2 Å². The van der Waals surface area contributed by atoms with E-state index in [1.54, 1.807) is 0 Å². The molecule has 0 fully saturated rings. The van der Waals surface area contributed by atoms with Crippen molar-refractivity contribution in [3.05, 3.63) is 30.1 Å². The van der Waals surface area contributed by atoms with Gasteiger partial charge in [0, 0.05) is 19.1 Å². The predicted molar refractivity (Wildman–Crippen MR) is 74.0 cm³/mol. The minimum atomic E-state index is -3.77. The number of rotatable bonds is 7. The van der Waals surface area contributed by atoms with Crippen molar-refractivity contribution >= 4 is 10.0 Å². The summed E-state index contributed by atoms with van der Waals surface area (Å²) in [6.45, 7) is 5.00. The van der Waals surface area contributed by atoms with Crippen LogP contribution in [0.1, 0.15) is 20.3 Å². The molecule has 0 heterocycles. The van der Waals surface area contributed by atoms with Crippen molar-refractivity contribution in [2.24, 2.45) is 0 Å². The molecule has 0 aliphatic heterocycles. The lowest BCUT2D eigenvalue weighted by Crippen LogP contribution is -2.37. The summed E-state index contributed by atoms with van der Waals surface area (Å²) in [7, 11) is -1.83. The molecule has 0 spiro atoms. The third-order valence-electron chi connectivity index (χ3n) is 3.23. The Bertz CT molecular complexity index is 505. The minimum Gasteiger partial charge on any atom is -0.302 e. The maximum absolute atomic E-state index is 13.4. The highest BCUT2D eigenvalue weighted by molar-refractivity contribution is 7.89. The van der Waals surface area contributed by atoms with E-state index in [0.29, 0.717) is 12.6 Å². The second-order valence-electron chi connectivity index (χ2n) is 4.57. The monoisotopic (exact) mass is 288 g/mol. The fourth-order valence-electron chi connectivity index (χ4n) is 1.63. The van der Waals surface area contributed by atoms with E-state index in [1.807, 2.05) is 7.05 Å². The number of likely N-dealkylation sites (N-methyl/N-ethyl adjacent to an activating group) is 1. The van der Waals surface area contributed by atoms with Gasteiger partial charge < -0.3 is 4.90 Å². The Kier molecular flexibility index (Phi) is 5.90. The van der Waals surface area contributed by atoms with Gasteiger partial charge in [-0.1, -0.05) is 19.1 Å². The zero-order chi connectivity index (χ0) is 14.5. The first-order chi connectivity index (χ1) is 8.88. The number of benzene rings is 1. The largest absolute Gasteiger partial charge is 0.302 e. The Morgan fingerprint density at radius 1 is 1.37 bits per heavy atom. The highest BCUT2D eigenvalue weighted by Gasteiger charge is 2.18. The molecule has 0 aliphatic rings. The summed E-state index contributed by atoms with van der Waals surface area (Å²) in [6.07, 6.45) is 0.997. The van der Waals surface area contributed by atoms with E-state index in [9.17, 15) is 12.8 Å². The molecule has 108 valence electrons. The van der Waals surface area contributed by atoms with Crippen LogP contribution in [0.25, 0.3) is 0 Å². The summed E-state index contributed by atoms with van der Waals surface area (Å²) < 4.78 is 39.6. The Labute approximate surface area is 114 Å². The van der Waals surface area contributed by atoms with Crippen LogP contribution < -0.4 is 4.72 Å². The normalized spacial score (nSPS) is 13.7. The zero-order valence-corrected chi connectivity index (χ0v) is 12.4. The minimum absolute atomic E-state index is 0.261. The van der Waals surface area contributed by atoms with E-state index in [4.69, 9.17) is 0 Å². The van der Waals surface area contributed by atoms with Crippen molar-refractivity contribution in [1.29, 1.82) is 0 Å². The molecule has 0 aliphatic carbocycles. The summed E-state index contributed by atoms with van der Waals surface area (Å²) in [5.41, 5.74) is 0. The van der Waals surface area contributed by atoms with Crippen LogP contribution in [0.5, 0.6) is 0 Å². The molecule has 0 bridgehead atoms. The molecule has 19 heavy (non-hydrogen) atoms. The molecule has 0 radical (unpaired) electrons. The molecule has 1 unspecified atom stereocenters. The Morgan fingerprint density at radius 2 is 2.00 bits per heavy atom. The van der Waals surface area contributed by atoms with Crippen molar-refractivity contribution in [2.75, 3.05) is 20.1 Å². The topological polar surface area (TPSA) is 49.4 Å². The fraction of sp³-hybridized carbons (Fsp3) is 0.538. The summed E-state index contributed by atoms with van der Waals surface area (Å²) in [5.74, 6) is -0.731. The van der Waals surface area contributed by atoms with E-state index >= 15 is 0 Å². The van der Waals surface area contributed by atoms with Crippen LogP contribution in [0, 0.1) is 5.82 Å². The number of hydrogen-bond acceptors (Lipinski definition) is 3. The summed E-state index contributed by atoms with van der Waals surface area (Å²) in [6, 6.07) is 5.75. The molecule has 0 aromatic heterocycles. The number of hydrogen-bond donors (Lipinski definition) is 1. The third-order valence-corrected chi connectivity index (χ3v) is 4.72. The van der Waals surface area contributed by atoms with E-state index in [0.717, 1.165) is 12.5 Å². The third kappa shape index (κ3) is 4.56. The Hall–Kier alpha value is -0.980. The highest BCUT2D eigenvalue weighted by Crippen LogP contribution is 2.12. The summed E-state index contributed by atoms with van der Waals surface area (Å²) >= 11 is 0. The van der Waals surface area contributed by atoms with E-state index in [2.05, 4.69) is 23.5 Å². The van der Waals surface area contributed by atoms with Gasteiger partial charge in [-0.2, -0.15) is 0 Å². The van der Waals surface area contributed by atoms with Crippen LogP contribution in [0.15, 0.2) is 29.2 Å². The van der Waals surface area contributed by atoms with E-state index < -0.39 is 15.8 Å². The summed E-state index contributed by atoms with van der Waals surface area (Å²) in [5, 5.41) is 0. The van der Waals surface area contributed by atoms with Gasteiger partial charge in [-0.25, -0.2) is 17.5 Å². The lowest BCUT2D eigenvalue weighted by atomic mass is 10.2. The average Bonchev–Trinajstić information content (AvgIpc) is 2.37. The average molecular weight is 288 g/mol. The SMILES string of the molecule is CCC(C)N(C)CCNS(=O)(=O)c1ccccc1F. The van der Waals surface area contributed by atoms with Gasteiger partial charge in [-0.05, 0) is 32.5 Å². The van der Waals surface area contributed by atoms with Crippen molar-refractivity contribution < 1.29 is 12.8 Å². The number of nitrogens with one attached hydrogen (secondary N) is 1. The standard InChI is InChI=1S/C13H21FN2O2S/c1-4-11(2)16(3)10-9-15-19(17,18)13-8-6-5-7-12(13)14/h5-8,11,15H,4,9-10H2,1-3H3. The second kappa shape index (κ2) is 6.98. The Balaban J connectivity index is 2.60. The quantitative estimate of drug-likeness (QED) is 0.833. The molecule has 1 N–H and O–H groups in total. The molecule has 0 saturated heterocycles. The molecule has 0 amide bonds. The zero-order valence-electron chi connectivity index (χ0n) is 11.6. The van der Waals surface area contributed by atoms with Crippen LogP contribution >= 0.6 is 0 Å². The number of sulfonamides is 1. The molecule has 1 aromatic carbocycles. The Morgan fingerprint density at radius 3 is 2.58 bits per heavy atom. The van der Waals surface area contributed by atoms with Crippen LogP contribution in [-0.2, 0) is 10.0 Å². The van der Waals surface area contributed by atoms with Gasteiger partial charge in [0.25, 0.3) is 0 Å². The van der Waals surface area contributed by atoms with Gasteiger partial charge in [-0.3, -0.25) is 0 Å². The molecule has 0 saturated carbocycles. The van der Waals surface area contributed by atoms with Gasteiger partial charge in [0.1, 0.15) is 10.7 Å². The molecule has 1 atom stereocenters. The van der Waals surface area contributed by atoms with Crippen molar-refractivity contribution in [1.82, 2.24) is 9.62 Å². The van der Waals surface area contributed by atoms with Crippen LogP contribution in [0.3, 0.4) is 0 Å². The smallest absolute Gasteiger partial charge is 0.243 e. The summed E-state index contributed by atoms with van der Waals surface area (Å²) in [4.78, 5) is 1.75. The van der Waals surface area contributed by atoms with Crippen LogP contribution in [0.4, 0.5) is 4.39 Å². The van der Waals surface area contributed by atoms with Gasteiger partial charge >= 0.3 is 0 Å². The predicted octanol–water partition coefficient (Wildman–Crippen LogP) is 1.83. The molecule has 4 nitrogen and oxygen atoms in total. The molecular formula is C13H21FN2O2S. The van der Waals surface area contributed by atoms with Gasteiger partial charge in [0.05, 0.1) is 0 Å². The maximum Gasteiger partial charge on any atom is 0.243 e. The van der Waals surface area contributed by atoms with Crippen LogP contribution in [0.2, 0.25) is 0 Å². The van der Waals surface area contributed by atoms with Crippen molar-refractivity contribution in [2.45, 2.75) is 31.2 Å². The number of halogens is 1. The number of nitrogens with zero attached hydrogens (tertiary/aromatic N) is 1. The first-order valence-electron chi connectivity index (χ1n) is 6.33. The van der Waals surface area contributed by atoms with Crippen molar-refractivity contribution in [3.8, 4) is 0 Å².